The summed E-state index contributed by atoms with van der Waals surface area (Å²) in [6, 6.07) is 2.07. The van der Waals surface area contributed by atoms with Gasteiger partial charge in [0.2, 0.25) is 17.7 Å². The number of nitriles is 1. The Morgan fingerprint density at radius 1 is 1.00 bits per heavy atom. The van der Waals surface area contributed by atoms with Crippen LogP contribution in [-0.4, -0.2) is 82.9 Å². The van der Waals surface area contributed by atoms with Gasteiger partial charge in [0.05, 0.1) is 18.7 Å². The summed E-state index contributed by atoms with van der Waals surface area (Å²) in [5.74, 6) is 0.163. The molecule has 2 heterocycles. The third kappa shape index (κ3) is 15.3. The van der Waals surface area contributed by atoms with E-state index in [-0.39, 0.29) is 55.5 Å². The molecule has 1 saturated heterocycles. The molecule has 0 radical (unpaired) electrons. The highest BCUT2D eigenvalue weighted by atomic mass is 35.5. The lowest BCUT2D eigenvalue weighted by Gasteiger charge is -2.31. The quantitative estimate of drug-likeness (QED) is 0.0863. The van der Waals surface area contributed by atoms with Crippen molar-refractivity contribution in [2.45, 2.75) is 165 Å². The van der Waals surface area contributed by atoms with Crippen molar-refractivity contribution in [3.8, 4) is 6.07 Å². The molecule has 0 spiro atoms. The average Bonchev–Trinajstić information content (AvgIpc) is 3.67. The van der Waals surface area contributed by atoms with Gasteiger partial charge in [-0.1, -0.05) is 94.8 Å². The first kappa shape index (κ1) is 43.6. The van der Waals surface area contributed by atoms with E-state index in [1.165, 1.54) is 81.9 Å². The van der Waals surface area contributed by atoms with E-state index in [2.05, 4.69) is 36.4 Å². The van der Waals surface area contributed by atoms with Crippen LogP contribution in [0.2, 0.25) is 0 Å². The third-order valence-electron chi connectivity index (χ3n) is 11.5. The van der Waals surface area contributed by atoms with E-state index in [4.69, 9.17) is 11.6 Å². The zero-order chi connectivity index (χ0) is 37.7. The molecule has 6 rings (SSSR count). The van der Waals surface area contributed by atoms with Gasteiger partial charge in [0, 0.05) is 55.9 Å². The zero-order valence-electron chi connectivity index (χ0n) is 32.3. The number of hydrogen-bond acceptors (Lipinski definition) is 6. The topological polar surface area (TPSA) is 126 Å². The molecule has 10 heteroatoms. The first-order valence-electron chi connectivity index (χ1n) is 20.4. The van der Waals surface area contributed by atoms with Gasteiger partial charge in [0.1, 0.15) is 6.04 Å². The SMILES string of the molecule is C1CCC1.C1CCC1.C=CCC/C=C(/C#N)CCC(=O)N1CC(O)C[C@H]1C(=O)NCC(=O)N(C)CC1CCCCC1Cl.CC1=CNC2CCCCC12. The van der Waals surface area contributed by atoms with Crippen molar-refractivity contribution in [1.82, 2.24) is 20.4 Å². The summed E-state index contributed by atoms with van der Waals surface area (Å²) in [5.41, 5.74) is 2.09. The number of likely N-dealkylation sites (N-methyl/N-ethyl adjacent to an activating group) is 1. The highest BCUT2D eigenvalue weighted by Gasteiger charge is 2.39. The van der Waals surface area contributed by atoms with Gasteiger partial charge in [-0.05, 0) is 64.0 Å². The number of halogens is 1. The van der Waals surface area contributed by atoms with Crippen LogP contribution in [0.25, 0.3) is 0 Å². The molecular weight excluding hydrogens is 674 g/mol. The van der Waals surface area contributed by atoms with Crippen LogP contribution in [0.3, 0.4) is 0 Å². The number of nitrogens with one attached hydrogen (secondary N) is 2. The Morgan fingerprint density at radius 2 is 1.63 bits per heavy atom. The van der Waals surface area contributed by atoms with E-state index >= 15 is 0 Å². The number of aliphatic hydroxyl groups excluding tert-OH is 1. The van der Waals surface area contributed by atoms with Crippen LogP contribution < -0.4 is 10.6 Å². The number of aliphatic hydroxyl groups is 1. The van der Waals surface area contributed by atoms with Crippen LogP contribution in [-0.2, 0) is 14.4 Å². The molecule has 4 aliphatic carbocycles. The Morgan fingerprint density at radius 3 is 2.23 bits per heavy atom. The summed E-state index contributed by atoms with van der Waals surface area (Å²) < 4.78 is 0. The number of allylic oxidation sites excluding steroid dienone is 3. The maximum Gasteiger partial charge on any atom is 0.243 e. The molecule has 3 N–H and O–H groups in total. The summed E-state index contributed by atoms with van der Waals surface area (Å²) in [5, 5.41) is 25.5. The highest BCUT2D eigenvalue weighted by molar-refractivity contribution is 6.20. The van der Waals surface area contributed by atoms with Crippen LogP contribution in [0.4, 0.5) is 0 Å². The fraction of sp³-hybridized carbons (Fsp3) is 0.762. The van der Waals surface area contributed by atoms with Gasteiger partial charge in [-0.3, -0.25) is 14.4 Å². The van der Waals surface area contributed by atoms with Crippen molar-refractivity contribution >= 4 is 29.3 Å². The van der Waals surface area contributed by atoms with Gasteiger partial charge in [-0.15, -0.1) is 18.2 Å². The first-order chi connectivity index (χ1) is 25.1. The summed E-state index contributed by atoms with van der Waals surface area (Å²) in [6.45, 7) is 6.34. The minimum absolute atomic E-state index is 0.0611. The van der Waals surface area contributed by atoms with Gasteiger partial charge in [-0.2, -0.15) is 5.26 Å². The molecule has 5 unspecified atom stereocenters. The molecule has 0 aromatic rings. The van der Waals surface area contributed by atoms with Crippen LogP contribution in [0.1, 0.15) is 142 Å². The van der Waals surface area contributed by atoms with E-state index in [0.29, 0.717) is 18.5 Å². The van der Waals surface area contributed by atoms with Gasteiger partial charge < -0.3 is 25.5 Å². The first-order valence-corrected chi connectivity index (χ1v) is 20.8. The number of unbranched alkanes of at least 4 members (excludes halogenated alkanes) is 1. The normalized spacial score (nSPS) is 27.3. The van der Waals surface area contributed by atoms with E-state index in [1.807, 2.05) is 0 Å². The molecule has 2 aliphatic heterocycles. The molecule has 5 fully saturated rings. The largest absolute Gasteiger partial charge is 0.391 e. The molecular formula is C42H68ClN5O4. The Bertz CT molecular complexity index is 1210. The number of amides is 3. The van der Waals surface area contributed by atoms with Crippen molar-refractivity contribution in [2.75, 3.05) is 26.7 Å². The summed E-state index contributed by atoms with van der Waals surface area (Å²) in [4.78, 5) is 41.0. The molecule has 0 aromatic carbocycles. The number of alkyl halides is 1. The van der Waals surface area contributed by atoms with Crippen LogP contribution in [0.15, 0.2) is 36.1 Å². The van der Waals surface area contributed by atoms with Crippen LogP contribution in [0.5, 0.6) is 0 Å². The van der Waals surface area contributed by atoms with Gasteiger partial charge >= 0.3 is 0 Å². The molecule has 4 saturated carbocycles. The Kier molecular flexibility index (Phi) is 20.5. The number of carbonyl (C=O) groups is 3. The smallest absolute Gasteiger partial charge is 0.243 e. The summed E-state index contributed by atoms with van der Waals surface area (Å²) >= 11 is 6.40. The Labute approximate surface area is 319 Å². The third-order valence-corrected chi connectivity index (χ3v) is 12.0. The minimum atomic E-state index is -0.832. The van der Waals surface area contributed by atoms with Gasteiger partial charge in [-0.25, -0.2) is 0 Å². The molecule has 6 atom stereocenters. The van der Waals surface area contributed by atoms with E-state index < -0.39 is 18.1 Å². The van der Waals surface area contributed by atoms with Crippen molar-refractivity contribution in [3.63, 3.8) is 0 Å². The number of fused-ring (bicyclic) bond motifs is 1. The van der Waals surface area contributed by atoms with Crippen molar-refractivity contribution in [1.29, 1.82) is 5.26 Å². The molecule has 9 nitrogen and oxygen atoms in total. The Hall–Kier alpha value is -2.83. The maximum absolute atomic E-state index is 12.8. The van der Waals surface area contributed by atoms with E-state index in [0.717, 1.165) is 44.1 Å². The minimum Gasteiger partial charge on any atom is -0.391 e. The van der Waals surface area contributed by atoms with Crippen molar-refractivity contribution < 1.29 is 19.5 Å². The standard InChI is InChI=1S/C25H37ClN4O4.C9H15N.2C4H8/c1-3-4-5-8-18(14-27)11-12-23(32)30-17-20(31)13-22(30)25(34)28-15-24(33)29(2)16-19-9-6-7-10-21(19)26;1-7-6-10-9-5-3-2-4-8(7)9;2*1-2-4-3-1/h3,8,19-22,31H,1,4-7,9-13,15-17H2,2H3,(H,28,34);6,8-10H,2-5H2,1H3;2*1-4H2/b18-8+;;;/t19?,20?,21?,22-;;;/m0.../s1. The van der Waals surface area contributed by atoms with E-state index in [9.17, 15) is 24.8 Å². The lowest BCUT2D eigenvalue weighted by Crippen LogP contribution is -2.49. The second-order valence-electron chi connectivity index (χ2n) is 15.6. The number of likely N-dealkylation sites (tertiary alicyclic amines) is 1. The zero-order valence-corrected chi connectivity index (χ0v) is 33.0. The number of nitrogens with zero attached hydrogens (tertiary/aromatic N) is 3. The molecule has 3 amide bonds. The fourth-order valence-corrected chi connectivity index (χ4v) is 7.62. The second-order valence-corrected chi connectivity index (χ2v) is 16.2. The lowest BCUT2D eigenvalue weighted by atomic mass is 9.83. The summed E-state index contributed by atoms with van der Waals surface area (Å²) in [7, 11) is 1.71. The van der Waals surface area contributed by atoms with Crippen LogP contribution in [0, 0.1) is 23.2 Å². The average molecular weight is 742 g/mol. The monoisotopic (exact) mass is 741 g/mol. The van der Waals surface area contributed by atoms with Gasteiger partial charge in [0.15, 0.2) is 0 Å². The number of hydrogen-bond donors (Lipinski definition) is 3. The molecule has 52 heavy (non-hydrogen) atoms. The van der Waals surface area contributed by atoms with Crippen molar-refractivity contribution in [3.05, 3.63) is 36.1 Å². The lowest BCUT2D eigenvalue weighted by molar-refractivity contribution is -0.139. The number of carbonyl (C=O) groups excluding carboxylic acids is 3. The fourth-order valence-electron chi connectivity index (χ4n) is 7.26. The summed E-state index contributed by atoms with van der Waals surface area (Å²) in [6.07, 6.45) is 28.7. The predicted octanol–water partition coefficient (Wildman–Crippen LogP) is 7.69. The van der Waals surface area contributed by atoms with Crippen LogP contribution >= 0.6 is 11.6 Å². The Balaban J connectivity index is 0.000000320. The maximum atomic E-state index is 12.8. The molecule has 292 valence electrons. The molecule has 0 bridgehead atoms. The molecule has 6 aliphatic rings. The number of β-amino-alcohol motifs (C(OH)–C–C–N with tert-alkyl or cyclic N) is 1. The number of rotatable bonds is 11. The second kappa shape index (κ2) is 24.5. The van der Waals surface area contributed by atoms with Gasteiger partial charge in [0.25, 0.3) is 0 Å². The van der Waals surface area contributed by atoms with Crippen molar-refractivity contribution in [2.24, 2.45) is 11.8 Å². The predicted molar refractivity (Wildman–Crippen MR) is 210 cm³/mol. The highest BCUT2D eigenvalue weighted by Crippen LogP contribution is 2.33. The van der Waals surface area contributed by atoms with E-state index in [1.54, 1.807) is 29.7 Å². The molecule has 0 aromatic heterocycles.